The summed E-state index contributed by atoms with van der Waals surface area (Å²) in [7, 11) is 0. The summed E-state index contributed by atoms with van der Waals surface area (Å²) in [4.78, 5) is 8.61. The highest BCUT2D eigenvalue weighted by Gasteiger charge is 2.06. The lowest BCUT2D eigenvalue weighted by Crippen LogP contribution is -1.89. The summed E-state index contributed by atoms with van der Waals surface area (Å²) in [5, 5.41) is 0. The van der Waals surface area contributed by atoms with Gasteiger partial charge in [0.2, 0.25) is 0 Å². The van der Waals surface area contributed by atoms with Gasteiger partial charge in [0, 0.05) is 34.3 Å². The van der Waals surface area contributed by atoms with Crippen LogP contribution in [0.15, 0.2) is 47.3 Å². The standard InChI is InChI=1S/C13H10BrN3/c1-9-11(14)2-3-13-16-12(8-17(9)13)10-4-6-15-7-5-10/h2-8H,1H3. The quantitative estimate of drug-likeness (QED) is 0.686. The first-order chi connectivity index (χ1) is 8.25. The molecule has 0 aliphatic rings. The Morgan fingerprint density at radius 1 is 1.12 bits per heavy atom. The molecule has 3 rings (SSSR count). The molecule has 3 heterocycles. The predicted molar refractivity (Wildman–Crippen MR) is 70.9 cm³/mol. The van der Waals surface area contributed by atoms with Crippen molar-refractivity contribution >= 4 is 21.6 Å². The van der Waals surface area contributed by atoms with Gasteiger partial charge in [-0.1, -0.05) is 0 Å². The average molecular weight is 288 g/mol. The number of hydrogen-bond acceptors (Lipinski definition) is 2. The number of aromatic nitrogens is 3. The van der Waals surface area contributed by atoms with Crippen molar-refractivity contribution in [3.63, 3.8) is 0 Å². The van der Waals surface area contributed by atoms with Gasteiger partial charge in [0.05, 0.1) is 5.69 Å². The lowest BCUT2D eigenvalue weighted by molar-refractivity contribution is 1.08. The third kappa shape index (κ3) is 1.74. The molecule has 0 unspecified atom stereocenters. The van der Waals surface area contributed by atoms with Gasteiger partial charge >= 0.3 is 0 Å². The van der Waals surface area contributed by atoms with Crippen LogP contribution < -0.4 is 0 Å². The Kier molecular flexibility index (Phi) is 2.44. The Morgan fingerprint density at radius 2 is 1.88 bits per heavy atom. The molecule has 17 heavy (non-hydrogen) atoms. The van der Waals surface area contributed by atoms with Crippen LogP contribution in [0.3, 0.4) is 0 Å². The Balaban J connectivity index is 2.24. The maximum atomic E-state index is 4.60. The van der Waals surface area contributed by atoms with Crippen molar-refractivity contribution in [1.82, 2.24) is 14.4 Å². The number of rotatable bonds is 1. The summed E-state index contributed by atoms with van der Waals surface area (Å²) in [6.45, 7) is 2.06. The van der Waals surface area contributed by atoms with Gasteiger partial charge in [0.15, 0.2) is 0 Å². The van der Waals surface area contributed by atoms with Gasteiger partial charge in [-0.2, -0.15) is 0 Å². The van der Waals surface area contributed by atoms with Crippen LogP contribution in [-0.2, 0) is 0 Å². The van der Waals surface area contributed by atoms with Crippen molar-refractivity contribution in [1.29, 1.82) is 0 Å². The minimum absolute atomic E-state index is 0.956. The molecule has 0 saturated carbocycles. The summed E-state index contributed by atoms with van der Waals surface area (Å²) < 4.78 is 3.17. The second-order valence-electron chi connectivity index (χ2n) is 3.86. The Morgan fingerprint density at radius 3 is 2.65 bits per heavy atom. The Labute approximate surface area is 107 Å². The fourth-order valence-corrected chi connectivity index (χ4v) is 2.15. The number of aryl methyl sites for hydroxylation is 1. The van der Waals surface area contributed by atoms with Crippen molar-refractivity contribution in [2.45, 2.75) is 6.92 Å². The van der Waals surface area contributed by atoms with E-state index in [0.717, 1.165) is 27.1 Å². The third-order valence-electron chi connectivity index (χ3n) is 2.80. The molecule has 0 amide bonds. The van der Waals surface area contributed by atoms with E-state index in [4.69, 9.17) is 0 Å². The number of halogens is 1. The summed E-state index contributed by atoms with van der Waals surface area (Å²) >= 11 is 3.52. The number of fused-ring (bicyclic) bond motifs is 1. The van der Waals surface area contributed by atoms with Crippen molar-refractivity contribution in [2.24, 2.45) is 0 Å². The molecule has 84 valence electrons. The van der Waals surface area contributed by atoms with Gasteiger partial charge in [0.1, 0.15) is 5.65 Å². The molecule has 0 aliphatic heterocycles. The van der Waals surface area contributed by atoms with Crippen LogP contribution in [-0.4, -0.2) is 14.4 Å². The summed E-state index contributed by atoms with van der Waals surface area (Å²) in [5.41, 5.74) is 4.15. The normalized spacial score (nSPS) is 10.9. The van der Waals surface area contributed by atoms with Gasteiger partial charge in [-0.3, -0.25) is 4.98 Å². The lowest BCUT2D eigenvalue weighted by atomic mass is 10.2. The third-order valence-corrected chi connectivity index (χ3v) is 3.63. The highest BCUT2D eigenvalue weighted by Crippen LogP contribution is 2.22. The zero-order chi connectivity index (χ0) is 11.8. The highest BCUT2D eigenvalue weighted by atomic mass is 79.9. The van der Waals surface area contributed by atoms with E-state index in [-0.39, 0.29) is 0 Å². The number of pyridine rings is 2. The van der Waals surface area contributed by atoms with E-state index in [1.54, 1.807) is 12.4 Å². The van der Waals surface area contributed by atoms with E-state index in [9.17, 15) is 0 Å². The van der Waals surface area contributed by atoms with E-state index < -0.39 is 0 Å². The molecule has 0 fully saturated rings. The smallest absolute Gasteiger partial charge is 0.137 e. The minimum Gasteiger partial charge on any atom is -0.303 e. The fourth-order valence-electron chi connectivity index (χ4n) is 1.83. The SMILES string of the molecule is Cc1c(Br)ccc2nc(-c3ccncc3)cn12. The van der Waals surface area contributed by atoms with Crippen molar-refractivity contribution in [3.05, 3.63) is 53.0 Å². The van der Waals surface area contributed by atoms with Gasteiger partial charge in [-0.05, 0) is 47.1 Å². The molecule has 0 spiro atoms. The monoisotopic (exact) mass is 287 g/mol. The summed E-state index contributed by atoms with van der Waals surface area (Å²) in [6.07, 6.45) is 5.61. The van der Waals surface area contributed by atoms with E-state index in [2.05, 4.69) is 37.2 Å². The van der Waals surface area contributed by atoms with Crippen LogP contribution in [0.5, 0.6) is 0 Å². The van der Waals surface area contributed by atoms with Crippen LogP contribution in [0.4, 0.5) is 0 Å². The first-order valence-electron chi connectivity index (χ1n) is 5.30. The molecule has 0 aromatic carbocycles. The zero-order valence-electron chi connectivity index (χ0n) is 9.26. The molecule has 0 radical (unpaired) electrons. The van der Waals surface area contributed by atoms with Crippen molar-refractivity contribution < 1.29 is 0 Å². The van der Waals surface area contributed by atoms with Crippen molar-refractivity contribution in [2.75, 3.05) is 0 Å². The lowest BCUT2D eigenvalue weighted by Gasteiger charge is -2.00. The second-order valence-corrected chi connectivity index (χ2v) is 4.71. The predicted octanol–water partition coefficient (Wildman–Crippen LogP) is 3.47. The molecule has 0 aliphatic carbocycles. The maximum Gasteiger partial charge on any atom is 0.137 e. The van der Waals surface area contributed by atoms with Crippen molar-refractivity contribution in [3.8, 4) is 11.3 Å². The van der Waals surface area contributed by atoms with Gasteiger partial charge in [0.25, 0.3) is 0 Å². The molecule has 0 bridgehead atoms. The second kappa shape index (κ2) is 3.96. The van der Waals surface area contributed by atoms with Gasteiger partial charge in [-0.15, -0.1) is 0 Å². The molecule has 3 aromatic heterocycles. The number of hydrogen-bond donors (Lipinski definition) is 0. The minimum atomic E-state index is 0.956. The summed E-state index contributed by atoms with van der Waals surface area (Å²) in [6, 6.07) is 7.95. The Hall–Kier alpha value is -1.68. The molecule has 0 N–H and O–H groups in total. The van der Waals surface area contributed by atoms with Crippen LogP contribution >= 0.6 is 15.9 Å². The van der Waals surface area contributed by atoms with Crippen LogP contribution in [0.2, 0.25) is 0 Å². The van der Waals surface area contributed by atoms with E-state index in [1.807, 2.05) is 30.5 Å². The molecule has 0 saturated heterocycles. The van der Waals surface area contributed by atoms with Crippen LogP contribution in [0, 0.1) is 6.92 Å². The van der Waals surface area contributed by atoms with Crippen LogP contribution in [0.25, 0.3) is 16.9 Å². The maximum absolute atomic E-state index is 4.60. The molecule has 4 heteroatoms. The molecular weight excluding hydrogens is 278 g/mol. The average Bonchev–Trinajstić information content (AvgIpc) is 2.80. The number of imidazole rings is 1. The van der Waals surface area contributed by atoms with Gasteiger partial charge in [-0.25, -0.2) is 4.98 Å². The van der Waals surface area contributed by atoms with E-state index in [0.29, 0.717) is 0 Å². The molecule has 3 aromatic rings. The first-order valence-corrected chi connectivity index (χ1v) is 6.09. The summed E-state index contributed by atoms with van der Waals surface area (Å²) in [5.74, 6) is 0. The topological polar surface area (TPSA) is 30.2 Å². The largest absolute Gasteiger partial charge is 0.303 e. The van der Waals surface area contributed by atoms with E-state index in [1.165, 1.54) is 0 Å². The molecule has 0 atom stereocenters. The fraction of sp³-hybridized carbons (Fsp3) is 0.0769. The first kappa shape index (κ1) is 10.5. The van der Waals surface area contributed by atoms with Crippen LogP contribution in [0.1, 0.15) is 5.69 Å². The number of nitrogens with zero attached hydrogens (tertiary/aromatic N) is 3. The molecular formula is C13H10BrN3. The zero-order valence-corrected chi connectivity index (χ0v) is 10.8. The highest BCUT2D eigenvalue weighted by molar-refractivity contribution is 9.10. The van der Waals surface area contributed by atoms with E-state index >= 15 is 0 Å². The Bertz CT molecular complexity index is 674. The molecule has 3 nitrogen and oxygen atoms in total. The van der Waals surface area contributed by atoms with Gasteiger partial charge < -0.3 is 4.40 Å².